The first-order valence-electron chi connectivity index (χ1n) is 9.65. The van der Waals surface area contributed by atoms with Gasteiger partial charge in [-0.2, -0.15) is 0 Å². The highest BCUT2D eigenvalue weighted by Gasteiger charge is 2.26. The maximum absolute atomic E-state index is 13.1. The lowest BCUT2D eigenvalue weighted by Gasteiger charge is -2.18. The molecule has 0 saturated carbocycles. The zero-order valence-corrected chi connectivity index (χ0v) is 17.8. The van der Waals surface area contributed by atoms with Crippen molar-refractivity contribution in [1.29, 1.82) is 0 Å². The van der Waals surface area contributed by atoms with Crippen LogP contribution in [0, 0.1) is 10.1 Å². The maximum Gasteiger partial charge on any atom is 0.271 e. The van der Waals surface area contributed by atoms with Gasteiger partial charge in [-0.15, -0.1) is 0 Å². The summed E-state index contributed by atoms with van der Waals surface area (Å²) in [5.41, 5.74) is 1.72. The minimum Gasteiger partial charge on any atom is -0.495 e. The standard InChI is InChI=1S/C22H19N3O6S/c1-31-21-10-9-17(25(27)28)14-19(21)23-32(29,30)18-7-4-6-16(13-18)22(26)24-12-11-15-5-2-3-8-20(15)24/h2-10,13-14,23H,11-12H2,1H3. The van der Waals surface area contributed by atoms with Crippen LogP contribution in [0.1, 0.15) is 15.9 Å². The fraction of sp³-hybridized carbons (Fsp3) is 0.136. The SMILES string of the molecule is COc1ccc([N+](=O)[O-])cc1NS(=O)(=O)c1cccc(C(=O)N2CCc3ccccc32)c1. The van der Waals surface area contributed by atoms with Crippen molar-refractivity contribution in [3.8, 4) is 5.75 Å². The topological polar surface area (TPSA) is 119 Å². The molecular formula is C22H19N3O6S. The number of para-hydroxylation sites is 1. The number of methoxy groups -OCH3 is 1. The number of anilines is 2. The van der Waals surface area contributed by atoms with Crippen molar-refractivity contribution in [3.63, 3.8) is 0 Å². The van der Waals surface area contributed by atoms with Crippen LogP contribution in [-0.4, -0.2) is 32.9 Å². The molecule has 0 radical (unpaired) electrons. The predicted molar refractivity (Wildman–Crippen MR) is 119 cm³/mol. The second kappa shape index (κ2) is 8.31. The molecular weight excluding hydrogens is 434 g/mol. The lowest BCUT2D eigenvalue weighted by atomic mass is 10.1. The molecule has 0 aliphatic carbocycles. The van der Waals surface area contributed by atoms with Crippen LogP contribution in [0.2, 0.25) is 0 Å². The zero-order chi connectivity index (χ0) is 22.9. The third-order valence-corrected chi connectivity index (χ3v) is 6.52. The van der Waals surface area contributed by atoms with Crippen molar-refractivity contribution < 1.29 is 22.9 Å². The first kappa shape index (κ1) is 21.3. The van der Waals surface area contributed by atoms with Crippen LogP contribution in [-0.2, 0) is 16.4 Å². The molecule has 0 saturated heterocycles. The molecule has 9 nitrogen and oxygen atoms in total. The van der Waals surface area contributed by atoms with Crippen molar-refractivity contribution in [2.45, 2.75) is 11.3 Å². The Morgan fingerprint density at radius 3 is 2.62 bits per heavy atom. The van der Waals surface area contributed by atoms with Crippen LogP contribution < -0.4 is 14.4 Å². The van der Waals surface area contributed by atoms with Gasteiger partial charge in [0.25, 0.3) is 21.6 Å². The molecule has 0 aromatic heterocycles. The van der Waals surface area contributed by atoms with Gasteiger partial charge in [0.15, 0.2) is 0 Å². The van der Waals surface area contributed by atoms with Gasteiger partial charge in [0, 0.05) is 29.9 Å². The molecule has 0 atom stereocenters. The van der Waals surface area contributed by atoms with E-state index in [4.69, 9.17) is 4.74 Å². The zero-order valence-electron chi connectivity index (χ0n) is 17.0. The van der Waals surface area contributed by atoms with Crippen molar-refractivity contribution in [2.75, 3.05) is 23.3 Å². The quantitative estimate of drug-likeness (QED) is 0.450. The largest absolute Gasteiger partial charge is 0.495 e. The summed E-state index contributed by atoms with van der Waals surface area (Å²) in [6.45, 7) is 0.512. The summed E-state index contributed by atoms with van der Waals surface area (Å²) < 4.78 is 33.4. The maximum atomic E-state index is 13.1. The van der Waals surface area contributed by atoms with Crippen LogP contribution in [0.4, 0.5) is 17.1 Å². The predicted octanol–water partition coefficient (Wildman–Crippen LogP) is 3.61. The Bertz CT molecular complexity index is 1320. The smallest absolute Gasteiger partial charge is 0.271 e. The van der Waals surface area contributed by atoms with Gasteiger partial charge in [0.1, 0.15) is 5.75 Å². The molecule has 1 amide bonds. The Hall–Kier alpha value is -3.92. The summed E-state index contributed by atoms with van der Waals surface area (Å²) in [5, 5.41) is 11.1. The number of carbonyl (C=O) groups is 1. The van der Waals surface area contributed by atoms with Crippen LogP contribution >= 0.6 is 0 Å². The fourth-order valence-electron chi connectivity index (χ4n) is 3.59. The molecule has 0 unspecified atom stereocenters. The number of carbonyl (C=O) groups excluding carboxylic acids is 1. The van der Waals surface area contributed by atoms with E-state index >= 15 is 0 Å². The molecule has 1 aliphatic heterocycles. The van der Waals surface area contributed by atoms with Gasteiger partial charge in [0.05, 0.1) is 22.6 Å². The molecule has 4 rings (SSSR count). The number of nitro benzene ring substituents is 1. The van der Waals surface area contributed by atoms with Gasteiger partial charge >= 0.3 is 0 Å². The molecule has 0 bridgehead atoms. The fourth-order valence-corrected chi connectivity index (χ4v) is 4.70. The molecule has 1 N–H and O–H groups in total. The summed E-state index contributed by atoms with van der Waals surface area (Å²) in [6, 6.07) is 16.8. The first-order chi connectivity index (χ1) is 15.3. The number of benzene rings is 3. The van der Waals surface area contributed by atoms with Gasteiger partial charge < -0.3 is 9.64 Å². The Balaban J connectivity index is 1.64. The molecule has 0 fully saturated rings. The summed E-state index contributed by atoms with van der Waals surface area (Å²) in [7, 11) is -2.83. The van der Waals surface area contributed by atoms with E-state index < -0.39 is 14.9 Å². The molecule has 3 aromatic rings. The van der Waals surface area contributed by atoms with Crippen LogP contribution in [0.25, 0.3) is 0 Å². The van der Waals surface area contributed by atoms with Gasteiger partial charge in [-0.3, -0.25) is 19.6 Å². The van der Waals surface area contributed by atoms with Crippen LogP contribution in [0.15, 0.2) is 71.6 Å². The van der Waals surface area contributed by atoms with Gasteiger partial charge in [-0.05, 0) is 42.3 Å². The Morgan fingerprint density at radius 2 is 1.88 bits per heavy atom. The number of nitro groups is 1. The summed E-state index contributed by atoms with van der Waals surface area (Å²) in [6.07, 6.45) is 0.730. The number of ether oxygens (including phenoxy) is 1. The number of amides is 1. The molecule has 10 heteroatoms. The number of hydrogen-bond donors (Lipinski definition) is 1. The van der Waals surface area contributed by atoms with E-state index in [1.165, 1.54) is 37.4 Å². The van der Waals surface area contributed by atoms with Gasteiger partial charge in [0.2, 0.25) is 0 Å². The van der Waals surface area contributed by atoms with E-state index in [0.29, 0.717) is 6.54 Å². The number of rotatable bonds is 6. The van der Waals surface area contributed by atoms with Gasteiger partial charge in [-0.1, -0.05) is 24.3 Å². The minimum absolute atomic E-state index is 0.0769. The lowest BCUT2D eigenvalue weighted by molar-refractivity contribution is -0.384. The lowest BCUT2D eigenvalue weighted by Crippen LogP contribution is -2.29. The average Bonchev–Trinajstić information content (AvgIpc) is 3.22. The minimum atomic E-state index is -4.15. The highest BCUT2D eigenvalue weighted by molar-refractivity contribution is 7.92. The van der Waals surface area contributed by atoms with E-state index in [9.17, 15) is 23.3 Å². The van der Waals surface area contributed by atoms with Crippen molar-refractivity contribution in [2.24, 2.45) is 0 Å². The van der Waals surface area contributed by atoms with Crippen molar-refractivity contribution in [1.82, 2.24) is 0 Å². The van der Waals surface area contributed by atoms with E-state index in [0.717, 1.165) is 23.7 Å². The van der Waals surface area contributed by atoms with E-state index in [1.54, 1.807) is 11.0 Å². The van der Waals surface area contributed by atoms with E-state index in [2.05, 4.69) is 4.72 Å². The van der Waals surface area contributed by atoms with E-state index in [1.807, 2.05) is 24.3 Å². The number of sulfonamides is 1. The number of fused-ring (bicyclic) bond motifs is 1. The van der Waals surface area contributed by atoms with Gasteiger partial charge in [-0.25, -0.2) is 8.42 Å². The second-order valence-corrected chi connectivity index (χ2v) is 8.79. The normalized spacial score (nSPS) is 12.8. The second-order valence-electron chi connectivity index (χ2n) is 7.11. The highest BCUT2D eigenvalue weighted by Crippen LogP contribution is 2.32. The molecule has 1 aliphatic rings. The molecule has 164 valence electrons. The molecule has 3 aromatic carbocycles. The Morgan fingerprint density at radius 1 is 1.09 bits per heavy atom. The number of non-ortho nitro benzene ring substituents is 1. The number of nitrogens with zero attached hydrogens (tertiary/aromatic N) is 2. The summed E-state index contributed by atoms with van der Waals surface area (Å²) in [5.74, 6) is -0.181. The molecule has 0 spiro atoms. The summed E-state index contributed by atoms with van der Waals surface area (Å²) >= 11 is 0. The number of nitrogens with one attached hydrogen (secondary N) is 1. The van der Waals surface area contributed by atoms with Crippen LogP contribution in [0.3, 0.4) is 0 Å². The first-order valence-corrected chi connectivity index (χ1v) is 11.1. The molecule has 32 heavy (non-hydrogen) atoms. The highest BCUT2D eigenvalue weighted by atomic mass is 32.2. The van der Waals surface area contributed by atoms with E-state index in [-0.39, 0.29) is 33.5 Å². The van der Waals surface area contributed by atoms with Crippen LogP contribution in [0.5, 0.6) is 5.75 Å². The van der Waals surface area contributed by atoms with Crippen molar-refractivity contribution in [3.05, 3.63) is 88.0 Å². The Kier molecular flexibility index (Phi) is 5.54. The number of hydrogen-bond acceptors (Lipinski definition) is 6. The van der Waals surface area contributed by atoms with Crippen molar-refractivity contribution >= 4 is 33.0 Å². The Labute approximate surface area is 184 Å². The third-order valence-electron chi connectivity index (χ3n) is 5.16. The average molecular weight is 453 g/mol. The third kappa shape index (κ3) is 4.00. The molecule has 1 heterocycles. The summed E-state index contributed by atoms with van der Waals surface area (Å²) in [4.78, 5) is 25.0. The monoisotopic (exact) mass is 453 g/mol.